The molecule has 156 valence electrons. The first-order valence-electron chi connectivity index (χ1n) is 9.47. The monoisotopic (exact) mass is 527 g/mol. The van der Waals surface area contributed by atoms with Gasteiger partial charge in [-0.2, -0.15) is 0 Å². The van der Waals surface area contributed by atoms with Gasteiger partial charge >= 0.3 is 5.97 Å². The molecule has 1 aliphatic heterocycles. The average molecular weight is 529 g/mol. The highest BCUT2D eigenvalue weighted by molar-refractivity contribution is 9.12. The molecule has 2 aliphatic rings. The number of halogens is 2. The van der Waals surface area contributed by atoms with Crippen LogP contribution in [0.25, 0.3) is 0 Å². The van der Waals surface area contributed by atoms with E-state index in [0.717, 1.165) is 0 Å². The summed E-state index contributed by atoms with van der Waals surface area (Å²) in [6.07, 6.45) is 1.21. The summed E-state index contributed by atoms with van der Waals surface area (Å²) in [5.74, 6) is -1.84. The maximum Gasteiger partial charge on any atom is 0.338 e. The van der Waals surface area contributed by atoms with Crippen LogP contribution in [0.4, 0.5) is 5.69 Å². The van der Waals surface area contributed by atoms with E-state index in [2.05, 4.69) is 31.9 Å². The van der Waals surface area contributed by atoms with Crippen LogP contribution in [0, 0.1) is 17.3 Å². The molecule has 29 heavy (non-hydrogen) atoms. The van der Waals surface area contributed by atoms with Crippen LogP contribution in [-0.4, -0.2) is 39.8 Å². The van der Waals surface area contributed by atoms with E-state index in [-0.39, 0.29) is 51.3 Å². The minimum atomic E-state index is -0.619. The lowest BCUT2D eigenvalue weighted by molar-refractivity contribution is -0.129. The lowest BCUT2D eigenvalue weighted by Crippen LogP contribution is -2.34. The molecule has 1 aliphatic carbocycles. The molecule has 0 bridgehead atoms. The molecule has 0 radical (unpaired) electrons. The van der Waals surface area contributed by atoms with Crippen molar-refractivity contribution in [2.75, 3.05) is 11.5 Å². The van der Waals surface area contributed by atoms with Crippen molar-refractivity contribution in [3.63, 3.8) is 0 Å². The summed E-state index contributed by atoms with van der Waals surface area (Å²) in [4.78, 5) is 51.3. The largest absolute Gasteiger partial charge is 0.454 e. The Kier molecular flexibility index (Phi) is 6.34. The Morgan fingerprint density at radius 3 is 1.93 bits per heavy atom. The Bertz CT molecular complexity index is 818. The quantitative estimate of drug-likeness (QED) is 0.336. The normalized spacial score (nSPS) is 27.0. The second kappa shape index (κ2) is 8.30. The minimum Gasteiger partial charge on any atom is -0.454 e. The van der Waals surface area contributed by atoms with Gasteiger partial charge in [-0.1, -0.05) is 52.6 Å². The molecule has 0 aromatic heterocycles. The number of esters is 1. The van der Waals surface area contributed by atoms with Gasteiger partial charge in [-0.3, -0.25) is 19.3 Å². The Morgan fingerprint density at radius 1 is 1.00 bits per heavy atom. The third-order valence-corrected chi connectivity index (χ3v) is 8.18. The summed E-state index contributed by atoms with van der Waals surface area (Å²) >= 11 is 7.14. The van der Waals surface area contributed by atoms with Gasteiger partial charge in [0.2, 0.25) is 11.8 Å². The Morgan fingerprint density at radius 2 is 1.48 bits per heavy atom. The lowest BCUT2D eigenvalue weighted by Gasteiger charge is -2.29. The standard InChI is InChI=1S/C21H23Br2NO5/c1-21(2,3)17(25)10-29-20(28)11-4-6-12(7-5-11)24-18(26)13-8-15(22)16(23)9-14(13)19(24)27/h4-7,13-16H,8-10H2,1-3H3. The van der Waals surface area contributed by atoms with E-state index in [1.165, 1.54) is 17.0 Å². The fourth-order valence-corrected chi connectivity index (χ4v) is 4.76. The van der Waals surface area contributed by atoms with Gasteiger partial charge in [0.25, 0.3) is 0 Å². The van der Waals surface area contributed by atoms with Crippen molar-refractivity contribution in [2.24, 2.45) is 17.3 Å². The Hall–Kier alpha value is -1.54. The lowest BCUT2D eigenvalue weighted by atomic mass is 9.81. The van der Waals surface area contributed by atoms with Crippen molar-refractivity contribution in [1.82, 2.24) is 0 Å². The van der Waals surface area contributed by atoms with Gasteiger partial charge < -0.3 is 4.74 Å². The van der Waals surface area contributed by atoms with Crippen LogP contribution in [-0.2, 0) is 19.1 Å². The van der Waals surface area contributed by atoms with Gasteiger partial charge in [-0.15, -0.1) is 0 Å². The van der Waals surface area contributed by atoms with E-state index in [4.69, 9.17) is 4.74 Å². The number of rotatable bonds is 4. The number of hydrogen-bond acceptors (Lipinski definition) is 5. The highest BCUT2D eigenvalue weighted by Crippen LogP contribution is 2.44. The zero-order valence-corrected chi connectivity index (χ0v) is 19.7. The number of ether oxygens (including phenoxy) is 1. The number of carbonyl (C=O) groups excluding carboxylic acids is 4. The fraction of sp³-hybridized carbons (Fsp3) is 0.524. The van der Waals surface area contributed by atoms with Crippen molar-refractivity contribution in [3.8, 4) is 0 Å². The number of amides is 2. The second-order valence-electron chi connectivity index (χ2n) is 8.52. The first-order chi connectivity index (χ1) is 13.5. The van der Waals surface area contributed by atoms with E-state index in [9.17, 15) is 19.2 Å². The van der Waals surface area contributed by atoms with Crippen molar-refractivity contribution in [3.05, 3.63) is 29.8 Å². The predicted molar refractivity (Wildman–Crippen MR) is 115 cm³/mol. The number of carbonyl (C=O) groups is 4. The molecule has 3 rings (SSSR count). The molecule has 8 heteroatoms. The van der Waals surface area contributed by atoms with E-state index in [1.54, 1.807) is 32.9 Å². The third kappa shape index (κ3) is 4.48. The molecule has 0 N–H and O–H groups in total. The van der Waals surface area contributed by atoms with E-state index in [1.807, 2.05) is 0 Å². The summed E-state index contributed by atoms with van der Waals surface area (Å²) in [7, 11) is 0. The zero-order valence-electron chi connectivity index (χ0n) is 16.5. The van der Waals surface area contributed by atoms with E-state index < -0.39 is 11.4 Å². The van der Waals surface area contributed by atoms with Crippen molar-refractivity contribution < 1.29 is 23.9 Å². The van der Waals surface area contributed by atoms with Crippen LogP contribution in [0.5, 0.6) is 0 Å². The van der Waals surface area contributed by atoms with Crippen LogP contribution >= 0.6 is 31.9 Å². The molecular formula is C21H23Br2NO5. The first-order valence-corrected chi connectivity index (χ1v) is 11.3. The maximum absolute atomic E-state index is 12.8. The molecule has 2 amide bonds. The average Bonchev–Trinajstić information content (AvgIpc) is 2.89. The number of Topliss-reactive ketones (excluding diaryl/α,β-unsaturated/α-hetero) is 1. The van der Waals surface area contributed by atoms with Gasteiger partial charge in [-0.05, 0) is 37.1 Å². The molecule has 1 saturated heterocycles. The van der Waals surface area contributed by atoms with Crippen LogP contribution in [0.3, 0.4) is 0 Å². The van der Waals surface area contributed by atoms with Gasteiger partial charge in [0, 0.05) is 15.1 Å². The SMILES string of the molecule is CC(C)(C)C(=O)COC(=O)c1ccc(N2C(=O)C3CC(Br)C(Br)CC3C2=O)cc1. The van der Waals surface area contributed by atoms with Crippen molar-refractivity contribution >= 4 is 61.1 Å². The number of ketones is 1. The molecule has 4 atom stereocenters. The van der Waals surface area contributed by atoms with E-state index in [0.29, 0.717) is 18.5 Å². The smallest absolute Gasteiger partial charge is 0.338 e. The number of anilines is 1. The van der Waals surface area contributed by atoms with Crippen LogP contribution < -0.4 is 4.90 Å². The summed E-state index contributed by atoms with van der Waals surface area (Å²) < 4.78 is 5.08. The summed E-state index contributed by atoms with van der Waals surface area (Å²) in [6, 6.07) is 6.13. The first kappa shape index (κ1) is 22.2. The second-order valence-corrected chi connectivity index (χ2v) is 10.9. The van der Waals surface area contributed by atoms with Gasteiger partial charge in [-0.25, -0.2) is 4.79 Å². The molecule has 1 saturated carbocycles. The minimum absolute atomic E-state index is 0.147. The number of benzene rings is 1. The summed E-state index contributed by atoms with van der Waals surface area (Å²) in [5, 5.41) is 0. The number of nitrogens with zero attached hydrogens (tertiary/aromatic N) is 1. The maximum atomic E-state index is 12.8. The number of hydrogen-bond donors (Lipinski definition) is 0. The molecule has 6 nitrogen and oxygen atoms in total. The van der Waals surface area contributed by atoms with Crippen LogP contribution in [0.2, 0.25) is 0 Å². The number of fused-ring (bicyclic) bond motifs is 1. The van der Waals surface area contributed by atoms with Gasteiger partial charge in [0.1, 0.15) is 0 Å². The molecule has 1 aromatic rings. The van der Waals surface area contributed by atoms with Crippen LogP contribution in [0.1, 0.15) is 44.0 Å². The predicted octanol–water partition coefficient (Wildman–Crippen LogP) is 3.89. The molecule has 2 fully saturated rings. The van der Waals surface area contributed by atoms with Crippen LogP contribution in [0.15, 0.2) is 24.3 Å². The summed E-state index contributed by atoms with van der Waals surface area (Å²) in [6.45, 7) is 4.98. The van der Waals surface area contributed by atoms with Crippen molar-refractivity contribution in [1.29, 1.82) is 0 Å². The molecule has 1 heterocycles. The number of alkyl halides is 2. The molecule has 0 spiro atoms. The molecule has 4 unspecified atom stereocenters. The Labute approximate surface area is 186 Å². The van der Waals surface area contributed by atoms with Gasteiger partial charge in [0.15, 0.2) is 12.4 Å². The highest BCUT2D eigenvalue weighted by Gasteiger charge is 2.52. The topological polar surface area (TPSA) is 80.8 Å². The van der Waals surface area contributed by atoms with E-state index >= 15 is 0 Å². The molecule has 1 aromatic carbocycles. The number of imide groups is 1. The summed E-state index contributed by atoms with van der Waals surface area (Å²) in [5.41, 5.74) is 0.113. The Balaban J connectivity index is 1.70. The highest BCUT2D eigenvalue weighted by atomic mass is 79.9. The fourth-order valence-electron chi connectivity index (χ4n) is 3.53. The van der Waals surface area contributed by atoms with Crippen molar-refractivity contribution in [2.45, 2.75) is 43.3 Å². The molecular weight excluding hydrogens is 506 g/mol. The third-order valence-electron chi connectivity index (χ3n) is 5.44. The van der Waals surface area contributed by atoms with Gasteiger partial charge in [0.05, 0.1) is 23.1 Å². The zero-order chi connectivity index (χ0) is 21.5.